The minimum atomic E-state index is -5.01. The van der Waals surface area contributed by atoms with Gasteiger partial charge in [-0.05, 0) is 13.0 Å². The Kier molecular flexibility index (Phi) is 5.27. The number of carbonyl (C=O) groups excluding carboxylic acids is 1. The fourth-order valence-electron chi connectivity index (χ4n) is 1.41. The van der Waals surface area contributed by atoms with E-state index in [1.165, 1.54) is 6.92 Å². The monoisotopic (exact) mass is 317 g/mol. The van der Waals surface area contributed by atoms with Gasteiger partial charge in [0.05, 0.1) is 29.3 Å². The molecule has 1 rings (SSSR count). The van der Waals surface area contributed by atoms with Gasteiger partial charge in [-0.3, -0.25) is 4.79 Å². The molecule has 0 bridgehead atoms. The van der Waals surface area contributed by atoms with Crippen molar-refractivity contribution in [2.24, 2.45) is 0 Å². The minimum Gasteiger partial charge on any atom is -0.466 e. The van der Waals surface area contributed by atoms with E-state index < -0.39 is 41.3 Å². The van der Waals surface area contributed by atoms with Gasteiger partial charge in [0.1, 0.15) is 5.69 Å². The highest BCUT2D eigenvalue weighted by Crippen LogP contribution is 2.37. The van der Waals surface area contributed by atoms with Crippen molar-refractivity contribution in [2.45, 2.75) is 25.9 Å². The molecule has 112 valence electrons. The molecule has 0 atom stereocenters. The van der Waals surface area contributed by atoms with Crippen LogP contribution in [-0.2, 0) is 22.1 Å². The summed E-state index contributed by atoms with van der Waals surface area (Å²) < 4.78 is 67.6. The molecular weight excluding hydrogens is 309 g/mol. The van der Waals surface area contributed by atoms with E-state index in [9.17, 15) is 26.7 Å². The molecule has 0 unspecified atom stereocenters. The summed E-state index contributed by atoms with van der Waals surface area (Å²) >= 11 is 5.54. The van der Waals surface area contributed by atoms with Gasteiger partial charge in [-0.1, -0.05) is 11.6 Å². The second-order valence-corrected chi connectivity index (χ2v) is 4.04. The second-order valence-electron chi connectivity index (χ2n) is 3.63. The maximum atomic E-state index is 12.6. The van der Waals surface area contributed by atoms with Crippen molar-refractivity contribution in [2.75, 3.05) is 6.61 Å². The Morgan fingerprint density at radius 2 is 2.05 bits per heavy atom. The van der Waals surface area contributed by atoms with Gasteiger partial charge in [-0.25, -0.2) is 13.8 Å². The standard InChI is InChI=1S/C11H9ClF5NO2/c1-2-20-8(19)4-7-6(12)3-5(11(15,16)17)9(18-7)10(13)14/h3,10H,2,4H2,1H3. The molecule has 20 heavy (non-hydrogen) atoms. The lowest BCUT2D eigenvalue weighted by Gasteiger charge is -2.14. The van der Waals surface area contributed by atoms with E-state index in [2.05, 4.69) is 9.72 Å². The highest BCUT2D eigenvalue weighted by Gasteiger charge is 2.37. The molecule has 0 aliphatic rings. The van der Waals surface area contributed by atoms with Gasteiger partial charge in [0, 0.05) is 0 Å². The van der Waals surface area contributed by atoms with Gasteiger partial charge in [-0.2, -0.15) is 13.2 Å². The van der Waals surface area contributed by atoms with Crippen molar-refractivity contribution in [3.8, 4) is 0 Å². The lowest BCUT2D eigenvalue weighted by atomic mass is 10.1. The third-order valence-electron chi connectivity index (χ3n) is 2.21. The average Bonchev–Trinajstić information content (AvgIpc) is 2.30. The molecule has 1 aromatic rings. The highest BCUT2D eigenvalue weighted by molar-refractivity contribution is 6.31. The van der Waals surface area contributed by atoms with Gasteiger partial charge >= 0.3 is 12.1 Å². The summed E-state index contributed by atoms with van der Waals surface area (Å²) in [6, 6.07) is 0.338. The van der Waals surface area contributed by atoms with Crippen LogP contribution in [0.15, 0.2) is 6.07 Å². The Hall–Kier alpha value is -1.44. The molecule has 0 spiro atoms. The van der Waals surface area contributed by atoms with Gasteiger partial charge in [0.25, 0.3) is 6.43 Å². The fourth-order valence-corrected chi connectivity index (χ4v) is 1.63. The number of halogens is 6. The third-order valence-corrected chi connectivity index (χ3v) is 2.53. The molecule has 0 aromatic carbocycles. The van der Waals surface area contributed by atoms with Gasteiger partial charge in [0.2, 0.25) is 0 Å². The number of esters is 1. The van der Waals surface area contributed by atoms with Crippen LogP contribution in [0.4, 0.5) is 22.0 Å². The summed E-state index contributed by atoms with van der Waals surface area (Å²) in [5.41, 5.74) is -3.46. The molecule has 1 aromatic heterocycles. The molecule has 0 saturated carbocycles. The normalized spacial score (nSPS) is 11.8. The van der Waals surface area contributed by atoms with E-state index in [1.54, 1.807) is 0 Å². The molecule has 1 heterocycles. The van der Waals surface area contributed by atoms with E-state index in [1.807, 2.05) is 0 Å². The molecule has 0 saturated heterocycles. The van der Waals surface area contributed by atoms with Crippen LogP contribution in [0.1, 0.15) is 30.3 Å². The summed E-state index contributed by atoms with van der Waals surface area (Å²) in [5.74, 6) is -0.818. The second kappa shape index (κ2) is 6.34. The summed E-state index contributed by atoms with van der Waals surface area (Å²) in [4.78, 5) is 14.4. The summed E-state index contributed by atoms with van der Waals surface area (Å²) in [6.45, 7) is 1.56. The van der Waals surface area contributed by atoms with Crippen LogP contribution < -0.4 is 0 Å². The molecule has 9 heteroatoms. The van der Waals surface area contributed by atoms with Gasteiger partial charge in [0.15, 0.2) is 0 Å². The lowest BCUT2D eigenvalue weighted by Crippen LogP contribution is -2.15. The molecule has 3 nitrogen and oxygen atoms in total. The maximum Gasteiger partial charge on any atom is 0.418 e. The zero-order valence-corrected chi connectivity index (χ0v) is 10.9. The van der Waals surface area contributed by atoms with Crippen molar-refractivity contribution in [1.82, 2.24) is 4.98 Å². The number of pyridine rings is 1. The number of hydrogen-bond acceptors (Lipinski definition) is 3. The first-order valence-electron chi connectivity index (χ1n) is 5.37. The van der Waals surface area contributed by atoms with E-state index in [0.717, 1.165) is 0 Å². The molecule has 0 aliphatic heterocycles. The predicted octanol–water partition coefficient (Wildman–Crippen LogP) is 3.80. The minimum absolute atomic E-state index is 0.0405. The van der Waals surface area contributed by atoms with Crippen LogP contribution in [0.2, 0.25) is 5.02 Å². The molecule has 0 aliphatic carbocycles. The van der Waals surface area contributed by atoms with Crippen molar-refractivity contribution >= 4 is 17.6 Å². The Morgan fingerprint density at radius 3 is 2.50 bits per heavy atom. The number of alkyl halides is 5. The highest BCUT2D eigenvalue weighted by atomic mass is 35.5. The maximum absolute atomic E-state index is 12.6. The zero-order valence-electron chi connectivity index (χ0n) is 10.1. The summed E-state index contributed by atoms with van der Waals surface area (Å²) in [5, 5.41) is -0.519. The molecule has 0 amide bonds. The van der Waals surface area contributed by atoms with Crippen LogP contribution in [0.3, 0.4) is 0 Å². The number of rotatable bonds is 4. The topological polar surface area (TPSA) is 39.2 Å². The SMILES string of the molecule is CCOC(=O)Cc1nc(C(F)F)c(C(F)(F)F)cc1Cl. The first kappa shape index (κ1) is 16.6. The van der Waals surface area contributed by atoms with Crippen LogP contribution in [0.5, 0.6) is 0 Å². The molecule has 0 radical (unpaired) electrons. The Bertz CT molecular complexity index is 504. The number of nitrogens with zero attached hydrogens (tertiary/aromatic N) is 1. The third kappa shape index (κ3) is 4.03. The quantitative estimate of drug-likeness (QED) is 0.626. The number of aromatic nitrogens is 1. The average molecular weight is 318 g/mol. The van der Waals surface area contributed by atoms with Crippen LogP contribution in [0, 0.1) is 0 Å². The van der Waals surface area contributed by atoms with E-state index in [4.69, 9.17) is 11.6 Å². The molecule has 0 fully saturated rings. The number of carbonyl (C=O) groups is 1. The van der Waals surface area contributed by atoms with Crippen LogP contribution in [-0.4, -0.2) is 17.6 Å². The summed E-state index contributed by atoms with van der Waals surface area (Å²) in [6.07, 6.45) is -9.03. The van der Waals surface area contributed by atoms with Gasteiger partial charge < -0.3 is 4.74 Å². The van der Waals surface area contributed by atoms with Crippen molar-refractivity contribution < 1.29 is 31.5 Å². The van der Waals surface area contributed by atoms with E-state index in [-0.39, 0.29) is 12.3 Å². The number of hydrogen-bond donors (Lipinski definition) is 0. The largest absolute Gasteiger partial charge is 0.466 e. The predicted molar refractivity (Wildman–Crippen MR) is 59.5 cm³/mol. The first-order chi connectivity index (χ1) is 9.16. The van der Waals surface area contributed by atoms with Gasteiger partial charge in [-0.15, -0.1) is 0 Å². The fraction of sp³-hybridized carbons (Fsp3) is 0.455. The lowest BCUT2D eigenvalue weighted by molar-refractivity contribution is -0.142. The van der Waals surface area contributed by atoms with Crippen molar-refractivity contribution in [3.63, 3.8) is 0 Å². The zero-order chi connectivity index (χ0) is 15.5. The van der Waals surface area contributed by atoms with Crippen LogP contribution >= 0.6 is 11.6 Å². The first-order valence-corrected chi connectivity index (χ1v) is 5.74. The summed E-state index contributed by atoms with van der Waals surface area (Å²) in [7, 11) is 0. The van der Waals surface area contributed by atoms with E-state index in [0.29, 0.717) is 6.07 Å². The Labute approximate surface area is 115 Å². The van der Waals surface area contributed by atoms with E-state index >= 15 is 0 Å². The van der Waals surface area contributed by atoms with Crippen molar-refractivity contribution in [1.29, 1.82) is 0 Å². The Morgan fingerprint density at radius 1 is 1.45 bits per heavy atom. The smallest absolute Gasteiger partial charge is 0.418 e. The molecule has 0 N–H and O–H groups in total. The Balaban J connectivity index is 3.24. The number of ether oxygens (including phenoxy) is 1. The molecular formula is C11H9ClF5NO2. The van der Waals surface area contributed by atoms with Crippen molar-refractivity contribution in [3.05, 3.63) is 28.0 Å². The van der Waals surface area contributed by atoms with Crippen LogP contribution in [0.25, 0.3) is 0 Å².